The van der Waals surface area contributed by atoms with E-state index >= 15 is 0 Å². The highest BCUT2D eigenvalue weighted by Crippen LogP contribution is 2.17. The fourth-order valence-electron chi connectivity index (χ4n) is 2.11. The average molecular weight is 259 g/mol. The SMILES string of the molecule is CN(CCN1CCCC1)c1nc(F)c(F)cc1F. The number of nitrogens with zero attached hydrogens (tertiary/aromatic N) is 3. The van der Waals surface area contributed by atoms with E-state index in [2.05, 4.69) is 9.88 Å². The maximum Gasteiger partial charge on any atom is 0.251 e. The van der Waals surface area contributed by atoms with E-state index in [1.165, 1.54) is 17.7 Å². The van der Waals surface area contributed by atoms with E-state index in [4.69, 9.17) is 0 Å². The predicted molar refractivity (Wildman–Crippen MR) is 63.1 cm³/mol. The van der Waals surface area contributed by atoms with Crippen molar-refractivity contribution in [2.75, 3.05) is 38.1 Å². The van der Waals surface area contributed by atoms with Crippen LogP contribution in [0, 0.1) is 17.6 Å². The van der Waals surface area contributed by atoms with E-state index in [1.54, 1.807) is 7.05 Å². The van der Waals surface area contributed by atoms with Gasteiger partial charge in [0.1, 0.15) is 0 Å². The van der Waals surface area contributed by atoms with Gasteiger partial charge >= 0.3 is 0 Å². The van der Waals surface area contributed by atoms with Gasteiger partial charge in [-0.2, -0.15) is 9.37 Å². The number of likely N-dealkylation sites (tertiary alicyclic amines) is 1. The third kappa shape index (κ3) is 2.93. The van der Waals surface area contributed by atoms with Crippen molar-refractivity contribution >= 4 is 5.82 Å². The number of halogens is 3. The molecule has 18 heavy (non-hydrogen) atoms. The molecule has 0 saturated carbocycles. The second kappa shape index (κ2) is 5.56. The van der Waals surface area contributed by atoms with Crippen LogP contribution >= 0.6 is 0 Å². The van der Waals surface area contributed by atoms with Gasteiger partial charge in [-0.1, -0.05) is 0 Å². The minimum Gasteiger partial charge on any atom is -0.356 e. The van der Waals surface area contributed by atoms with Crippen LogP contribution in [0.3, 0.4) is 0 Å². The number of anilines is 1. The van der Waals surface area contributed by atoms with Crippen LogP contribution in [0.4, 0.5) is 19.0 Å². The molecule has 0 N–H and O–H groups in total. The lowest BCUT2D eigenvalue weighted by molar-refractivity contribution is 0.345. The molecular weight excluding hydrogens is 243 g/mol. The fourth-order valence-corrected chi connectivity index (χ4v) is 2.11. The van der Waals surface area contributed by atoms with Gasteiger partial charge < -0.3 is 9.80 Å². The Kier molecular flexibility index (Phi) is 4.06. The highest BCUT2D eigenvalue weighted by Gasteiger charge is 2.17. The molecule has 0 aliphatic carbocycles. The first-order chi connectivity index (χ1) is 8.58. The van der Waals surface area contributed by atoms with Crippen molar-refractivity contribution < 1.29 is 13.2 Å². The first-order valence-electron chi connectivity index (χ1n) is 6.03. The van der Waals surface area contributed by atoms with Crippen LogP contribution in [-0.2, 0) is 0 Å². The van der Waals surface area contributed by atoms with Crippen molar-refractivity contribution in [1.82, 2.24) is 9.88 Å². The molecule has 0 aromatic carbocycles. The molecule has 1 aliphatic rings. The highest BCUT2D eigenvalue weighted by atomic mass is 19.2. The van der Waals surface area contributed by atoms with Gasteiger partial charge in [0.2, 0.25) is 0 Å². The monoisotopic (exact) mass is 259 g/mol. The zero-order chi connectivity index (χ0) is 13.1. The molecule has 0 atom stereocenters. The van der Waals surface area contributed by atoms with Gasteiger partial charge in [-0.15, -0.1) is 0 Å². The molecule has 0 unspecified atom stereocenters. The number of rotatable bonds is 4. The number of aromatic nitrogens is 1. The van der Waals surface area contributed by atoms with Crippen LogP contribution in [-0.4, -0.2) is 43.1 Å². The first-order valence-corrected chi connectivity index (χ1v) is 6.03. The summed E-state index contributed by atoms with van der Waals surface area (Å²) < 4.78 is 39.2. The number of pyridine rings is 1. The lowest BCUT2D eigenvalue weighted by Gasteiger charge is -2.22. The molecule has 6 heteroatoms. The van der Waals surface area contributed by atoms with Crippen molar-refractivity contribution in [2.24, 2.45) is 0 Å². The summed E-state index contributed by atoms with van der Waals surface area (Å²) in [6, 6.07) is 0.532. The van der Waals surface area contributed by atoms with Crippen molar-refractivity contribution in [2.45, 2.75) is 12.8 Å². The molecule has 1 aliphatic heterocycles. The molecule has 0 amide bonds. The van der Waals surface area contributed by atoms with Crippen LogP contribution in [0.25, 0.3) is 0 Å². The fraction of sp³-hybridized carbons (Fsp3) is 0.583. The van der Waals surface area contributed by atoms with Gasteiger partial charge in [0, 0.05) is 26.2 Å². The van der Waals surface area contributed by atoms with Gasteiger partial charge in [-0.05, 0) is 25.9 Å². The lowest BCUT2D eigenvalue weighted by atomic mass is 10.4. The molecule has 0 radical (unpaired) electrons. The summed E-state index contributed by atoms with van der Waals surface area (Å²) in [6.45, 7) is 3.40. The molecule has 2 heterocycles. The third-order valence-corrected chi connectivity index (χ3v) is 3.18. The highest BCUT2D eigenvalue weighted by molar-refractivity contribution is 5.39. The molecule has 3 nitrogen and oxygen atoms in total. The lowest BCUT2D eigenvalue weighted by Crippen LogP contribution is -2.32. The van der Waals surface area contributed by atoms with E-state index in [-0.39, 0.29) is 5.82 Å². The molecule has 1 fully saturated rings. The number of hydrogen-bond donors (Lipinski definition) is 0. The largest absolute Gasteiger partial charge is 0.356 e. The van der Waals surface area contributed by atoms with Gasteiger partial charge in [0.25, 0.3) is 5.95 Å². The first kappa shape index (κ1) is 13.1. The van der Waals surface area contributed by atoms with Gasteiger partial charge in [-0.3, -0.25) is 0 Å². The maximum absolute atomic E-state index is 13.5. The van der Waals surface area contributed by atoms with Crippen molar-refractivity contribution in [3.8, 4) is 0 Å². The smallest absolute Gasteiger partial charge is 0.251 e. The van der Waals surface area contributed by atoms with E-state index in [0.29, 0.717) is 12.6 Å². The van der Waals surface area contributed by atoms with E-state index in [1.807, 2.05) is 0 Å². The van der Waals surface area contributed by atoms with Crippen LogP contribution in [0.15, 0.2) is 6.07 Å². The summed E-state index contributed by atoms with van der Waals surface area (Å²) in [5.41, 5.74) is 0. The van der Waals surface area contributed by atoms with Gasteiger partial charge in [0.15, 0.2) is 17.5 Å². The molecule has 0 spiro atoms. The Morgan fingerprint density at radius 1 is 1.22 bits per heavy atom. The van der Waals surface area contributed by atoms with Crippen LogP contribution in [0.2, 0.25) is 0 Å². The number of hydrogen-bond acceptors (Lipinski definition) is 3. The van der Waals surface area contributed by atoms with Crippen molar-refractivity contribution in [1.29, 1.82) is 0 Å². The Bertz CT molecular complexity index is 419. The molecule has 1 saturated heterocycles. The second-order valence-corrected chi connectivity index (χ2v) is 4.54. The summed E-state index contributed by atoms with van der Waals surface area (Å²) in [5.74, 6) is -3.51. The predicted octanol–water partition coefficient (Wildman–Crippen LogP) is 2.03. The summed E-state index contributed by atoms with van der Waals surface area (Å²) in [7, 11) is 1.62. The Morgan fingerprint density at radius 3 is 2.56 bits per heavy atom. The minimum absolute atomic E-state index is 0.145. The van der Waals surface area contributed by atoms with Crippen molar-refractivity contribution in [3.05, 3.63) is 23.6 Å². The second-order valence-electron chi connectivity index (χ2n) is 4.54. The van der Waals surface area contributed by atoms with E-state index < -0.39 is 17.6 Å². The maximum atomic E-state index is 13.5. The minimum atomic E-state index is -1.26. The van der Waals surface area contributed by atoms with Crippen LogP contribution in [0.1, 0.15) is 12.8 Å². The van der Waals surface area contributed by atoms with E-state index in [9.17, 15) is 13.2 Å². The Hall–Kier alpha value is -1.30. The summed E-state index contributed by atoms with van der Waals surface area (Å²) in [4.78, 5) is 7.08. The summed E-state index contributed by atoms with van der Waals surface area (Å²) in [5, 5.41) is 0. The number of likely N-dealkylation sites (N-methyl/N-ethyl adjacent to an activating group) is 1. The van der Waals surface area contributed by atoms with Crippen LogP contribution in [0.5, 0.6) is 0 Å². The zero-order valence-corrected chi connectivity index (χ0v) is 10.3. The third-order valence-electron chi connectivity index (χ3n) is 3.18. The Labute approximate surface area is 104 Å². The molecule has 2 rings (SSSR count). The topological polar surface area (TPSA) is 19.4 Å². The van der Waals surface area contributed by atoms with Gasteiger partial charge in [0.05, 0.1) is 0 Å². The quantitative estimate of drug-likeness (QED) is 0.771. The van der Waals surface area contributed by atoms with Gasteiger partial charge in [-0.25, -0.2) is 8.78 Å². The van der Waals surface area contributed by atoms with Crippen molar-refractivity contribution in [3.63, 3.8) is 0 Å². The molecular formula is C12H16F3N3. The van der Waals surface area contributed by atoms with Crippen LogP contribution < -0.4 is 4.90 Å². The summed E-state index contributed by atoms with van der Waals surface area (Å²) >= 11 is 0. The Morgan fingerprint density at radius 2 is 1.89 bits per heavy atom. The molecule has 1 aromatic heterocycles. The Balaban J connectivity index is 1.99. The zero-order valence-electron chi connectivity index (χ0n) is 10.3. The van der Waals surface area contributed by atoms with E-state index in [0.717, 1.165) is 19.6 Å². The molecule has 1 aromatic rings. The summed E-state index contributed by atoms with van der Waals surface area (Å²) in [6.07, 6.45) is 2.36. The normalized spacial score (nSPS) is 16.2. The standard InChI is InChI=1S/C12H16F3N3/c1-17(6-7-18-4-2-3-5-18)12-10(14)8-9(13)11(15)16-12/h8H,2-7H2,1H3. The molecule has 100 valence electrons. The molecule has 0 bridgehead atoms. The average Bonchev–Trinajstić information content (AvgIpc) is 2.84.